The molecule has 2 nitrogen and oxygen atoms in total. The zero-order chi connectivity index (χ0) is 10.1. The van der Waals surface area contributed by atoms with Crippen molar-refractivity contribution >= 4 is 0 Å². The molecule has 13 heavy (non-hydrogen) atoms. The highest BCUT2D eigenvalue weighted by molar-refractivity contribution is 4.55. The average molecular weight is 187 g/mol. The highest BCUT2D eigenvalue weighted by Gasteiger charge is 2.00. The van der Waals surface area contributed by atoms with Gasteiger partial charge >= 0.3 is 0 Å². The smallest absolute Gasteiger partial charge is 0.0512 e. The third-order valence-corrected chi connectivity index (χ3v) is 2.33. The van der Waals surface area contributed by atoms with Crippen LogP contribution in [0.15, 0.2) is 0 Å². The van der Waals surface area contributed by atoms with Crippen molar-refractivity contribution in [1.82, 2.24) is 4.90 Å². The first-order valence-electron chi connectivity index (χ1n) is 5.61. The van der Waals surface area contributed by atoms with Crippen molar-refractivity contribution < 1.29 is 5.11 Å². The summed E-state index contributed by atoms with van der Waals surface area (Å²) in [6.45, 7) is 9.86. The Morgan fingerprint density at radius 3 is 2.31 bits per heavy atom. The van der Waals surface area contributed by atoms with Gasteiger partial charge < -0.3 is 10.0 Å². The van der Waals surface area contributed by atoms with Gasteiger partial charge in [-0.3, -0.25) is 0 Å². The van der Waals surface area contributed by atoms with Crippen molar-refractivity contribution in [2.45, 2.75) is 52.6 Å². The van der Waals surface area contributed by atoms with Crippen molar-refractivity contribution in [2.24, 2.45) is 0 Å². The second-order valence-electron chi connectivity index (χ2n) is 3.78. The fourth-order valence-electron chi connectivity index (χ4n) is 1.52. The average Bonchev–Trinajstić information content (AvgIpc) is 2.10. The first kappa shape index (κ1) is 12.9. The first-order valence-corrected chi connectivity index (χ1v) is 5.61. The van der Waals surface area contributed by atoms with Crippen LogP contribution in [0.4, 0.5) is 0 Å². The molecule has 1 unspecified atom stereocenters. The standard InChI is InChI=1S/C11H25NO/c1-4-9-12(5-2)10-7-6-8-11(3)13/h11,13H,4-10H2,1-3H3. The molecule has 0 bridgehead atoms. The minimum atomic E-state index is -0.124. The number of hydrogen-bond donors (Lipinski definition) is 1. The van der Waals surface area contributed by atoms with E-state index in [1.165, 1.54) is 25.9 Å². The summed E-state index contributed by atoms with van der Waals surface area (Å²) < 4.78 is 0. The topological polar surface area (TPSA) is 23.5 Å². The lowest BCUT2D eigenvalue weighted by atomic mass is 10.1. The third kappa shape index (κ3) is 8.26. The van der Waals surface area contributed by atoms with Gasteiger partial charge in [-0.1, -0.05) is 13.8 Å². The van der Waals surface area contributed by atoms with Crippen LogP contribution in [0.25, 0.3) is 0 Å². The van der Waals surface area contributed by atoms with Gasteiger partial charge in [0, 0.05) is 0 Å². The maximum absolute atomic E-state index is 9.06. The summed E-state index contributed by atoms with van der Waals surface area (Å²) in [5.41, 5.74) is 0. The van der Waals surface area contributed by atoms with Crippen molar-refractivity contribution in [3.05, 3.63) is 0 Å². The number of aliphatic hydroxyl groups excluding tert-OH is 1. The third-order valence-electron chi connectivity index (χ3n) is 2.33. The molecular weight excluding hydrogens is 162 g/mol. The van der Waals surface area contributed by atoms with Crippen molar-refractivity contribution in [3.63, 3.8) is 0 Å². The predicted molar refractivity (Wildman–Crippen MR) is 57.9 cm³/mol. The van der Waals surface area contributed by atoms with Gasteiger partial charge in [0.15, 0.2) is 0 Å². The lowest BCUT2D eigenvalue weighted by Crippen LogP contribution is -2.25. The molecule has 80 valence electrons. The molecule has 0 saturated heterocycles. The molecule has 0 radical (unpaired) electrons. The van der Waals surface area contributed by atoms with Gasteiger partial charge in [0.2, 0.25) is 0 Å². The number of unbranched alkanes of at least 4 members (excludes halogenated alkanes) is 1. The minimum absolute atomic E-state index is 0.124. The monoisotopic (exact) mass is 187 g/mol. The molecule has 0 fully saturated rings. The first-order chi connectivity index (χ1) is 6.20. The van der Waals surface area contributed by atoms with Crippen LogP contribution in [-0.2, 0) is 0 Å². The molecule has 0 aliphatic rings. The zero-order valence-electron chi connectivity index (χ0n) is 9.42. The Labute approximate surface area is 82.9 Å². The fourth-order valence-corrected chi connectivity index (χ4v) is 1.52. The highest BCUT2D eigenvalue weighted by atomic mass is 16.3. The second kappa shape index (κ2) is 8.52. The molecule has 0 rings (SSSR count). The molecule has 0 aromatic heterocycles. The van der Waals surface area contributed by atoms with Crippen LogP contribution >= 0.6 is 0 Å². The molecule has 1 N–H and O–H groups in total. The van der Waals surface area contributed by atoms with Crippen LogP contribution in [-0.4, -0.2) is 35.7 Å². The SMILES string of the molecule is CCCN(CC)CCCCC(C)O. The van der Waals surface area contributed by atoms with Gasteiger partial charge in [0.25, 0.3) is 0 Å². The molecule has 2 heteroatoms. The van der Waals surface area contributed by atoms with Gasteiger partial charge in [-0.2, -0.15) is 0 Å². The lowest BCUT2D eigenvalue weighted by Gasteiger charge is -2.19. The molecule has 1 atom stereocenters. The van der Waals surface area contributed by atoms with E-state index in [1.54, 1.807) is 0 Å². The van der Waals surface area contributed by atoms with Crippen LogP contribution in [0.5, 0.6) is 0 Å². The summed E-state index contributed by atoms with van der Waals surface area (Å²) in [4.78, 5) is 2.47. The highest BCUT2D eigenvalue weighted by Crippen LogP contribution is 2.02. The maximum atomic E-state index is 9.06. The Hall–Kier alpha value is -0.0800. The van der Waals surface area contributed by atoms with Gasteiger partial charge in [-0.15, -0.1) is 0 Å². The van der Waals surface area contributed by atoms with Gasteiger partial charge in [0.05, 0.1) is 6.10 Å². The minimum Gasteiger partial charge on any atom is -0.393 e. The van der Waals surface area contributed by atoms with E-state index in [-0.39, 0.29) is 6.10 Å². The zero-order valence-corrected chi connectivity index (χ0v) is 9.42. The van der Waals surface area contributed by atoms with Gasteiger partial charge in [-0.05, 0) is 52.2 Å². The quantitative estimate of drug-likeness (QED) is 0.589. The fraction of sp³-hybridized carbons (Fsp3) is 1.00. The Morgan fingerprint density at radius 1 is 1.15 bits per heavy atom. The summed E-state index contributed by atoms with van der Waals surface area (Å²) >= 11 is 0. The van der Waals surface area contributed by atoms with Gasteiger partial charge in [-0.25, -0.2) is 0 Å². The summed E-state index contributed by atoms with van der Waals surface area (Å²) in [6, 6.07) is 0. The van der Waals surface area contributed by atoms with Crippen molar-refractivity contribution in [1.29, 1.82) is 0 Å². The largest absolute Gasteiger partial charge is 0.393 e. The molecule has 0 saturated carbocycles. The molecule has 0 aliphatic carbocycles. The maximum Gasteiger partial charge on any atom is 0.0512 e. The normalized spacial score (nSPS) is 13.6. The second-order valence-corrected chi connectivity index (χ2v) is 3.78. The Bertz CT molecular complexity index is 104. The van der Waals surface area contributed by atoms with E-state index in [9.17, 15) is 0 Å². The number of hydrogen-bond acceptors (Lipinski definition) is 2. The van der Waals surface area contributed by atoms with E-state index in [4.69, 9.17) is 5.11 Å². The van der Waals surface area contributed by atoms with Crippen molar-refractivity contribution in [3.8, 4) is 0 Å². The number of nitrogens with zero attached hydrogens (tertiary/aromatic N) is 1. The number of aliphatic hydroxyl groups is 1. The summed E-state index contributed by atoms with van der Waals surface area (Å²) in [7, 11) is 0. The summed E-state index contributed by atoms with van der Waals surface area (Å²) in [5.74, 6) is 0. The molecular formula is C11H25NO. The molecule has 0 aromatic carbocycles. The van der Waals surface area contributed by atoms with Crippen LogP contribution in [0.1, 0.15) is 46.5 Å². The van der Waals surface area contributed by atoms with Crippen LogP contribution in [0, 0.1) is 0 Å². The van der Waals surface area contributed by atoms with Crippen LogP contribution in [0.2, 0.25) is 0 Å². The molecule has 0 amide bonds. The van der Waals surface area contributed by atoms with E-state index < -0.39 is 0 Å². The Morgan fingerprint density at radius 2 is 1.85 bits per heavy atom. The van der Waals surface area contributed by atoms with Crippen LogP contribution in [0.3, 0.4) is 0 Å². The molecule has 0 aromatic rings. The summed E-state index contributed by atoms with van der Waals surface area (Å²) in [6.07, 6.45) is 4.44. The number of rotatable bonds is 8. The van der Waals surface area contributed by atoms with Gasteiger partial charge in [0.1, 0.15) is 0 Å². The Kier molecular flexibility index (Phi) is 8.46. The predicted octanol–water partition coefficient (Wildman–Crippen LogP) is 2.27. The van der Waals surface area contributed by atoms with Crippen molar-refractivity contribution in [2.75, 3.05) is 19.6 Å². The van der Waals surface area contributed by atoms with E-state index >= 15 is 0 Å². The Balaban J connectivity index is 3.27. The summed E-state index contributed by atoms with van der Waals surface area (Å²) in [5, 5.41) is 9.06. The van der Waals surface area contributed by atoms with E-state index in [1.807, 2.05) is 6.92 Å². The molecule has 0 aliphatic heterocycles. The lowest BCUT2D eigenvalue weighted by molar-refractivity contribution is 0.177. The van der Waals surface area contributed by atoms with E-state index in [0.29, 0.717) is 0 Å². The van der Waals surface area contributed by atoms with E-state index in [0.717, 1.165) is 19.4 Å². The molecule has 0 heterocycles. The van der Waals surface area contributed by atoms with Crippen LogP contribution < -0.4 is 0 Å². The van der Waals surface area contributed by atoms with E-state index in [2.05, 4.69) is 18.7 Å². The molecule has 0 spiro atoms.